The van der Waals surface area contributed by atoms with Gasteiger partial charge in [-0.15, -0.1) is 10.2 Å². The van der Waals surface area contributed by atoms with E-state index in [4.69, 9.17) is 16.3 Å². The number of rotatable bonds is 8. The molecule has 3 aromatic rings. The third-order valence-corrected chi connectivity index (χ3v) is 7.71. The van der Waals surface area contributed by atoms with Crippen molar-refractivity contribution in [1.82, 2.24) is 24.9 Å². The number of hydrogen-bond acceptors (Lipinski definition) is 7. The maximum atomic E-state index is 13.5. The summed E-state index contributed by atoms with van der Waals surface area (Å²) in [6.07, 6.45) is 0.770. The summed E-state index contributed by atoms with van der Waals surface area (Å²) in [5.41, 5.74) is 1.97. The van der Waals surface area contributed by atoms with Crippen molar-refractivity contribution < 1.29 is 18.7 Å². The lowest BCUT2D eigenvalue weighted by Gasteiger charge is -2.31. The Morgan fingerprint density at radius 1 is 0.878 bits per heavy atom. The molecule has 2 amide bonds. The summed E-state index contributed by atoms with van der Waals surface area (Å²) in [7, 11) is 0. The van der Waals surface area contributed by atoms with Gasteiger partial charge in [0.2, 0.25) is 5.91 Å². The van der Waals surface area contributed by atoms with E-state index in [9.17, 15) is 14.0 Å². The van der Waals surface area contributed by atoms with E-state index in [-0.39, 0.29) is 24.2 Å². The van der Waals surface area contributed by atoms with Gasteiger partial charge in [-0.25, -0.2) is 4.39 Å². The number of amides is 2. The Morgan fingerprint density at radius 2 is 1.63 bits per heavy atom. The van der Waals surface area contributed by atoms with Gasteiger partial charge >= 0.3 is 0 Å². The van der Waals surface area contributed by atoms with Crippen molar-refractivity contribution in [3.63, 3.8) is 0 Å². The highest BCUT2D eigenvalue weighted by atomic mass is 35.5. The van der Waals surface area contributed by atoms with E-state index in [1.54, 1.807) is 41.3 Å². The third kappa shape index (κ3) is 7.78. The van der Waals surface area contributed by atoms with Crippen LogP contribution in [0.4, 0.5) is 10.2 Å². The summed E-state index contributed by atoms with van der Waals surface area (Å²) in [5, 5.41) is 9.28. The van der Waals surface area contributed by atoms with E-state index < -0.39 is 0 Å². The summed E-state index contributed by atoms with van der Waals surface area (Å²) >= 11 is 6.03. The van der Waals surface area contributed by atoms with E-state index in [2.05, 4.69) is 20.0 Å². The fourth-order valence-corrected chi connectivity index (χ4v) is 5.17. The Kier molecular flexibility index (Phi) is 9.76. The molecule has 0 atom stereocenters. The molecule has 41 heavy (non-hydrogen) atoms. The number of carbonyl (C=O) groups excluding carboxylic acids is 2. The Bertz CT molecular complexity index is 1300. The molecule has 11 heteroatoms. The quantitative estimate of drug-likeness (QED) is 0.404. The van der Waals surface area contributed by atoms with Crippen molar-refractivity contribution in [2.24, 2.45) is 0 Å². The SMILES string of the molecule is O=C(CN(CCN1CCOCC1)C(=O)c1ccc(Cl)cc1)N1CCCN(c2ccc(-c3ccc(F)cc3)nn2)CC1. The monoisotopic (exact) mass is 580 g/mol. The van der Waals surface area contributed by atoms with Crippen LogP contribution in [0.5, 0.6) is 0 Å². The molecule has 2 aliphatic rings. The van der Waals surface area contributed by atoms with Gasteiger partial charge in [0.1, 0.15) is 12.4 Å². The maximum Gasteiger partial charge on any atom is 0.254 e. The Labute approximate surface area is 244 Å². The van der Waals surface area contributed by atoms with Crippen molar-refractivity contribution in [3.05, 3.63) is 77.1 Å². The molecule has 3 heterocycles. The van der Waals surface area contributed by atoms with Gasteiger partial charge in [0.25, 0.3) is 5.91 Å². The van der Waals surface area contributed by atoms with Crippen LogP contribution < -0.4 is 4.90 Å². The maximum absolute atomic E-state index is 13.5. The molecule has 1 aromatic heterocycles. The molecule has 2 saturated heterocycles. The van der Waals surface area contributed by atoms with Crippen LogP contribution in [0, 0.1) is 5.82 Å². The van der Waals surface area contributed by atoms with E-state index >= 15 is 0 Å². The van der Waals surface area contributed by atoms with Crippen molar-refractivity contribution in [1.29, 1.82) is 0 Å². The lowest BCUT2D eigenvalue weighted by molar-refractivity contribution is -0.131. The average molecular weight is 581 g/mol. The van der Waals surface area contributed by atoms with Crippen LogP contribution in [0.2, 0.25) is 5.02 Å². The second kappa shape index (κ2) is 13.8. The largest absolute Gasteiger partial charge is 0.379 e. The summed E-state index contributed by atoms with van der Waals surface area (Å²) in [5.74, 6) is 0.178. The van der Waals surface area contributed by atoms with Crippen molar-refractivity contribution in [2.45, 2.75) is 6.42 Å². The first-order valence-electron chi connectivity index (χ1n) is 13.9. The lowest BCUT2D eigenvalue weighted by Crippen LogP contribution is -2.47. The minimum atomic E-state index is -0.295. The van der Waals surface area contributed by atoms with Gasteiger partial charge in [0, 0.05) is 68.5 Å². The van der Waals surface area contributed by atoms with Crippen LogP contribution in [0.1, 0.15) is 16.8 Å². The number of carbonyl (C=O) groups is 2. The zero-order chi connectivity index (χ0) is 28.6. The van der Waals surface area contributed by atoms with Crippen molar-refractivity contribution >= 4 is 29.2 Å². The summed E-state index contributed by atoms with van der Waals surface area (Å²) in [6.45, 7) is 6.57. The average Bonchev–Trinajstić information content (AvgIpc) is 3.27. The zero-order valence-corrected chi connectivity index (χ0v) is 23.7. The first kappa shape index (κ1) is 28.9. The Morgan fingerprint density at radius 3 is 2.34 bits per heavy atom. The third-order valence-electron chi connectivity index (χ3n) is 7.46. The lowest BCUT2D eigenvalue weighted by atomic mass is 10.1. The van der Waals surface area contributed by atoms with E-state index in [1.165, 1.54) is 12.1 Å². The molecule has 5 rings (SSSR count). The fourth-order valence-electron chi connectivity index (χ4n) is 5.04. The molecule has 0 bridgehead atoms. The normalized spacial score (nSPS) is 16.3. The number of anilines is 1. The molecule has 2 aromatic carbocycles. The molecular weight excluding hydrogens is 547 g/mol. The van der Waals surface area contributed by atoms with Crippen molar-refractivity contribution in [2.75, 3.05) is 77.0 Å². The highest BCUT2D eigenvalue weighted by Crippen LogP contribution is 2.20. The summed E-state index contributed by atoms with van der Waals surface area (Å²) < 4.78 is 18.7. The molecule has 2 fully saturated rings. The topological polar surface area (TPSA) is 82.1 Å². The number of aromatic nitrogens is 2. The van der Waals surface area contributed by atoms with E-state index in [1.807, 2.05) is 17.0 Å². The first-order chi connectivity index (χ1) is 20.0. The van der Waals surface area contributed by atoms with Crippen LogP contribution in [-0.2, 0) is 9.53 Å². The van der Waals surface area contributed by atoms with Crippen LogP contribution in [0.3, 0.4) is 0 Å². The second-order valence-corrected chi connectivity index (χ2v) is 10.6. The molecule has 0 radical (unpaired) electrons. The first-order valence-corrected chi connectivity index (χ1v) is 14.3. The highest BCUT2D eigenvalue weighted by Gasteiger charge is 2.25. The minimum absolute atomic E-state index is 0.0119. The molecule has 0 spiro atoms. The highest BCUT2D eigenvalue weighted by molar-refractivity contribution is 6.30. The molecule has 0 saturated carbocycles. The predicted molar refractivity (Wildman–Crippen MR) is 155 cm³/mol. The Hall–Kier alpha value is -3.60. The molecule has 0 unspecified atom stereocenters. The molecule has 0 aliphatic carbocycles. The minimum Gasteiger partial charge on any atom is -0.379 e. The summed E-state index contributed by atoms with van der Waals surface area (Å²) in [6, 6.07) is 16.7. The summed E-state index contributed by atoms with van der Waals surface area (Å²) in [4.78, 5) is 34.7. The number of hydrogen-bond donors (Lipinski definition) is 0. The second-order valence-electron chi connectivity index (χ2n) is 10.2. The van der Waals surface area contributed by atoms with Gasteiger partial charge in [-0.2, -0.15) is 0 Å². The van der Waals surface area contributed by atoms with Crippen LogP contribution in [0.15, 0.2) is 60.7 Å². The molecular formula is C30H34ClFN6O3. The van der Waals surface area contributed by atoms with Gasteiger partial charge in [0.15, 0.2) is 5.82 Å². The smallest absolute Gasteiger partial charge is 0.254 e. The van der Waals surface area contributed by atoms with Crippen LogP contribution in [-0.4, -0.2) is 109 Å². The number of nitrogens with zero attached hydrogens (tertiary/aromatic N) is 6. The zero-order valence-electron chi connectivity index (χ0n) is 22.9. The van der Waals surface area contributed by atoms with Crippen molar-refractivity contribution in [3.8, 4) is 11.3 Å². The standard InChI is InChI=1S/C30H34ClFN6O3/c31-25-6-2-24(3-7-25)30(40)38(15-14-35-18-20-41-21-19-35)22-29(39)37-13-1-12-36(16-17-37)28-11-10-27(33-34-28)23-4-8-26(32)9-5-23/h2-11H,1,12-22H2. The van der Waals surface area contributed by atoms with E-state index in [0.29, 0.717) is 62.2 Å². The Balaban J connectivity index is 1.20. The number of benzene rings is 2. The van der Waals surface area contributed by atoms with Crippen LogP contribution in [0.25, 0.3) is 11.3 Å². The van der Waals surface area contributed by atoms with Gasteiger partial charge in [-0.3, -0.25) is 14.5 Å². The predicted octanol–water partition coefficient (Wildman–Crippen LogP) is 3.45. The number of morpholine rings is 1. The van der Waals surface area contributed by atoms with Crippen LogP contribution >= 0.6 is 11.6 Å². The van der Waals surface area contributed by atoms with E-state index in [0.717, 1.165) is 37.4 Å². The number of ether oxygens (including phenoxy) is 1. The fraction of sp³-hybridized carbons (Fsp3) is 0.400. The van der Waals surface area contributed by atoms with Gasteiger partial charge in [-0.1, -0.05) is 11.6 Å². The van der Waals surface area contributed by atoms with Gasteiger partial charge in [-0.05, 0) is 67.1 Å². The molecule has 216 valence electrons. The molecule has 2 aliphatic heterocycles. The number of halogens is 2. The van der Waals surface area contributed by atoms with Gasteiger partial charge < -0.3 is 19.4 Å². The molecule has 9 nitrogen and oxygen atoms in total. The molecule has 0 N–H and O–H groups in total. The van der Waals surface area contributed by atoms with Gasteiger partial charge in [0.05, 0.1) is 18.9 Å².